The maximum Gasteiger partial charge on any atom is 0.0510 e. The molecule has 0 aromatic heterocycles. The molecule has 1 aliphatic heterocycles. The highest BCUT2D eigenvalue weighted by molar-refractivity contribution is 9.10. The molecule has 1 fully saturated rings. The number of methoxy groups -OCH3 is 1. The molecule has 118 valence electrons. The number of nitrogens with one attached hydrogen (secondary N) is 1. The Balaban J connectivity index is 1.99. The number of rotatable bonds is 5. The van der Waals surface area contributed by atoms with Crippen LogP contribution in [-0.4, -0.2) is 32.3 Å². The summed E-state index contributed by atoms with van der Waals surface area (Å²) in [7, 11) is 1.79. The van der Waals surface area contributed by atoms with Crippen LogP contribution >= 0.6 is 15.9 Å². The van der Waals surface area contributed by atoms with Gasteiger partial charge in [0.15, 0.2) is 0 Å². The number of hydrogen-bond donors (Lipinski definition) is 1. The van der Waals surface area contributed by atoms with Gasteiger partial charge in [0.2, 0.25) is 0 Å². The summed E-state index contributed by atoms with van der Waals surface area (Å²) in [4.78, 5) is 2.45. The van der Waals surface area contributed by atoms with E-state index in [9.17, 15) is 0 Å². The predicted octanol–water partition coefficient (Wildman–Crippen LogP) is 3.81. The standard InChI is InChI=1S/C17H27BrN2O/c1-17(2,3)19-10-13-5-6-16(15(18)9-13)20-8-7-14(11-20)12-21-4/h5-6,9,14,19H,7-8,10-12H2,1-4H3. The zero-order valence-electron chi connectivity index (χ0n) is 13.6. The van der Waals surface area contributed by atoms with Crippen molar-refractivity contribution in [3.63, 3.8) is 0 Å². The third kappa shape index (κ3) is 4.97. The highest BCUT2D eigenvalue weighted by Gasteiger charge is 2.23. The smallest absolute Gasteiger partial charge is 0.0510 e. The molecule has 2 rings (SSSR count). The molecule has 1 aliphatic rings. The molecule has 1 heterocycles. The van der Waals surface area contributed by atoms with Crippen molar-refractivity contribution < 1.29 is 4.74 Å². The van der Waals surface area contributed by atoms with Gasteiger partial charge in [0.25, 0.3) is 0 Å². The van der Waals surface area contributed by atoms with Crippen molar-refractivity contribution in [2.45, 2.75) is 39.3 Å². The van der Waals surface area contributed by atoms with Gasteiger partial charge in [-0.05, 0) is 60.8 Å². The Bertz CT molecular complexity index is 470. The maximum atomic E-state index is 5.28. The molecular formula is C17H27BrN2O. The minimum atomic E-state index is 0.146. The monoisotopic (exact) mass is 354 g/mol. The quantitative estimate of drug-likeness (QED) is 0.869. The van der Waals surface area contributed by atoms with Crippen LogP contribution in [0.2, 0.25) is 0 Å². The van der Waals surface area contributed by atoms with Crippen LogP contribution < -0.4 is 10.2 Å². The lowest BCUT2D eigenvalue weighted by molar-refractivity contribution is 0.161. The summed E-state index contributed by atoms with van der Waals surface area (Å²) in [6.07, 6.45) is 1.22. The first-order valence-electron chi connectivity index (χ1n) is 7.66. The number of benzene rings is 1. The van der Waals surface area contributed by atoms with Crippen LogP contribution in [-0.2, 0) is 11.3 Å². The van der Waals surface area contributed by atoms with Gasteiger partial charge < -0.3 is 15.0 Å². The minimum absolute atomic E-state index is 0.146. The zero-order chi connectivity index (χ0) is 15.5. The Labute approximate surface area is 137 Å². The van der Waals surface area contributed by atoms with E-state index in [2.05, 4.69) is 65.1 Å². The molecule has 1 aromatic rings. The molecular weight excluding hydrogens is 328 g/mol. The van der Waals surface area contributed by atoms with E-state index in [1.807, 2.05) is 0 Å². The molecule has 1 atom stereocenters. The fourth-order valence-electron chi connectivity index (χ4n) is 2.71. The third-order valence-corrected chi connectivity index (χ3v) is 4.50. The molecule has 0 radical (unpaired) electrons. The Morgan fingerprint density at radius 3 is 2.76 bits per heavy atom. The van der Waals surface area contributed by atoms with E-state index in [0.29, 0.717) is 5.92 Å². The summed E-state index contributed by atoms with van der Waals surface area (Å²) in [5.41, 5.74) is 2.76. The summed E-state index contributed by atoms with van der Waals surface area (Å²) in [6.45, 7) is 10.5. The number of ether oxygens (including phenoxy) is 1. The Morgan fingerprint density at radius 1 is 1.38 bits per heavy atom. The lowest BCUT2D eigenvalue weighted by Gasteiger charge is -2.23. The molecule has 0 aliphatic carbocycles. The average molecular weight is 355 g/mol. The van der Waals surface area contributed by atoms with Gasteiger partial charge in [-0.1, -0.05) is 6.07 Å². The van der Waals surface area contributed by atoms with Gasteiger partial charge >= 0.3 is 0 Å². The van der Waals surface area contributed by atoms with Gasteiger partial charge in [0.05, 0.1) is 12.3 Å². The highest BCUT2D eigenvalue weighted by Crippen LogP contribution is 2.31. The predicted molar refractivity (Wildman–Crippen MR) is 92.9 cm³/mol. The second-order valence-corrected chi connectivity index (χ2v) is 7.80. The summed E-state index contributed by atoms with van der Waals surface area (Å²) in [6, 6.07) is 6.69. The van der Waals surface area contributed by atoms with Crippen LogP contribution in [0.15, 0.2) is 22.7 Å². The van der Waals surface area contributed by atoms with Crippen LogP contribution in [0.1, 0.15) is 32.8 Å². The second-order valence-electron chi connectivity index (χ2n) is 6.95. The zero-order valence-corrected chi connectivity index (χ0v) is 15.2. The van der Waals surface area contributed by atoms with E-state index >= 15 is 0 Å². The molecule has 0 spiro atoms. The van der Waals surface area contributed by atoms with E-state index in [1.54, 1.807) is 7.11 Å². The van der Waals surface area contributed by atoms with Crippen LogP contribution in [0.3, 0.4) is 0 Å². The van der Waals surface area contributed by atoms with E-state index in [4.69, 9.17) is 4.74 Å². The number of nitrogens with zero attached hydrogens (tertiary/aromatic N) is 1. The fraction of sp³-hybridized carbons (Fsp3) is 0.647. The summed E-state index contributed by atoms with van der Waals surface area (Å²) in [5.74, 6) is 0.657. The van der Waals surface area contributed by atoms with Gasteiger partial charge in [-0.3, -0.25) is 0 Å². The number of halogens is 1. The third-order valence-electron chi connectivity index (χ3n) is 3.86. The van der Waals surface area contributed by atoms with Crippen molar-refractivity contribution in [3.05, 3.63) is 28.2 Å². The van der Waals surface area contributed by atoms with Crippen molar-refractivity contribution in [1.82, 2.24) is 5.32 Å². The SMILES string of the molecule is COCC1CCN(c2ccc(CNC(C)(C)C)cc2Br)C1. The Morgan fingerprint density at radius 2 is 2.14 bits per heavy atom. The molecule has 1 N–H and O–H groups in total. The second kappa shape index (κ2) is 7.12. The molecule has 1 saturated heterocycles. The van der Waals surface area contributed by atoms with Crippen molar-refractivity contribution >= 4 is 21.6 Å². The van der Waals surface area contributed by atoms with Gasteiger partial charge in [-0.15, -0.1) is 0 Å². The molecule has 0 amide bonds. The lowest BCUT2D eigenvalue weighted by Crippen LogP contribution is -2.35. The number of anilines is 1. The average Bonchev–Trinajstić information content (AvgIpc) is 2.84. The largest absolute Gasteiger partial charge is 0.384 e. The molecule has 0 bridgehead atoms. The first kappa shape index (κ1) is 16.8. The van der Waals surface area contributed by atoms with E-state index in [-0.39, 0.29) is 5.54 Å². The van der Waals surface area contributed by atoms with Gasteiger partial charge in [0.1, 0.15) is 0 Å². The molecule has 1 aromatic carbocycles. The molecule has 4 heteroatoms. The Kier molecular flexibility index (Phi) is 5.69. The molecule has 1 unspecified atom stereocenters. The normalized spacial score (nSPS) is 19.3. The van der Waals surface area contributed by atoms with Crippen LogP contribution in [0.25, 0.3) is 0 Å². The van der Waals surface area contributed by atoms with Gasteiger partial charge in [0, 0.05) is 42.7 Å². The lowest BCUT2D eigenvalue weighted by atomic mass is 10.1. The first-order chi connectivity index (χ1) is 9.89. The summed E-state index contributed by atoms with van der Waals surface area (Å²) >= 11 is 3.74. The van der Waals surface area contributed by atoms with Crippen molar-refractivity contribution in [1.29, 1.82) is 0 Å². The minimum Gasteiger partial charge on any atom is -0.384 e. The fourth-order valence-corrected chi connectivity index (χ4v) is 3.38. The van der Waals surface area contributed by atoms with E-state index < -0.39 is 0 Å². The van der Waals surface area contributed by atoms with E-state index in [1.165, 1.54) is 22.1 Å². The van der Waals surface area contributed by atoms with Gasteiger partial charge in [-0.2, -0.15) is 0 Å². The topological polar surface area (TPSA) is 24.5 Å². The molecule has 3 nitrogen and oxygen atoms in total. The maximum absolute atomic E-state index is 5.28. The summed E-state index contributed by atoms with van der Waals surface area (Å²) < 4.78 is 6.47. The Hall–Kier alpha value is -0.580. The first-order valence-corrected chi connectivity index (χ1v) is 8.45. The molecule has 21 heavy (non-hydrogen) atoms. The van der Waals surface area contributed by atoms with Crippen LogP contribution in [0.5, 0.6) is 0 Å². The highest BCUT2D eigenvalue weighted by atomic mass is 79.9. The van der Waals surface area contributed by atoms with Crippen LogP contribution in [0, 0.1) is 5.92 Å². The molecule has 0 saturated carbocycles. The van der Waals surface area contributed by atoms with Crippen LogP contribution in [0.4, 0.5) is 5.69 Å². The van der Waals surface area contributed by atoms with Crippen molar-refractivity contribution in [3.8, 4) is 0 Å². The summed E-state index contributed by atoms with van der Waals surface area (Å²) in [5, 5.41) is 3.53. The van der Waals surface area contributed by atoms with E-state index in [0.717, 1.165) is 26.2 Å². The van der Waals surface area contributed by atoms with Gasteiger partial charge in [-0.25, -0.2) is 0 Å². The number of hydrogen-bond acceptors (Lipinski definition) is 3. The van der Waals surface area contributed by atoms with Crippen molar-refractivity contribution in [2.24, 2.45) is 5.92 Å². The van der Waals surface area contributed by atoms with Crippen molar-refractivity contribution in [2.75, 3.05) is 31.7 Å².